The fourth-order valence-corrected chi connectivity index (χ4v) is 4.47. The lowest BCUT2D eigenvalue weighted by Crippen LogP contribution is -2.28. The first-order chi connectivity index (χ1) is 11.6. The van der Waals surface area contributed by atoms with E-state index in [-0.39, 0.29) is 24.2 Å². The van der Waals surface area contributed by atoms with E-state index in [4.69, 9.17) is 11.6 Å². The number of benzene rings is 1. The highest BCUT2D eigenvalue weighted by Gasteiger charge is 2.35. The standard InChI is InChI=1S/C17H16ClN3O2S/c18-11-3-1-4-12(8-11)21-9-10(7-15(21)22)16(23)20-17-19-13-5-2-6-14(13)24-17/h1,3-4,8,10H,2,5-7,9H2,(H,19,20,23). The molecular formula is C17H16ClN3O2S. The van der Waals surface area contributed by atoms with Gasteiger partial charge in [-0.2, -0.15) is 0 Å². The number of aromatic nitrogens is 1. The molecule has 2 amide bonds. The van der Waals surface area contributed by atoms with Gasteiger partial charge >= 0.3 is 0 Å². The minimum atomic E-state index is -0.366. The molecule has 1 fully saturated rings. The van der Waals surface area contributed by atoms with Crippen LogP contribution in [-0.4, -0.2) is 23.3 Å². The SMILES string of the molecule is O=C(Nc1nc2c(s1)CCC2)C1CC(=O)N(c2cccc(Cl)c2)C1. The molecule has 2 heterocycles. The number of nitrogens with zero attached hydrogens (tertiary/aromatic N) is 2. The fourth-order valence-electron chi connectivity index (χ4n) is 3.23. The largest absolute Gasteiger partial charge is 0.312 e. The molecule has 0 bridgehead atoms. The number of rotatable bonds is 3. The third-order valence-electron chi connectivity index (χ3n) is 4.44. The fraction of sp³-hybridized carbons (Fsp3) is 0.353. The van der Waals surface area contributed by atoms with Gasteiger partial charge in [-0.3, -0.25) is 9.59 Å². The second-order valence-electron chi connectivity index (χ2n) is 6.12. The number of aryl methyl sites for hydroxylation is 2. The van der Waals surface area contributed by atoms with Crippen molar-refractivity contribution < 1.29 is 9.59 Å². The van der Waals surface area contributed by atoms with Crippen molar-refractivity contribution in [3.63, 3.8) is 0 Å². The number of fused-ring (bicyclic) bond motifs is 1. The molecule has 1 atom stereocenters. The first kappa shape index (κ1) is 15.6. The summed E-state index contributed by atoms with van der Waals surface area (Å²) in [5.74, 6) is -0.561. The summed E-state index contributed by atoms with van der Waals surface area (Å²) in [5, 5.41) is 4.11. The third-order valence-corrected chi connectivity index (χ3v) is 5.75. The van der Waals surface area contributed by atoms with E-state index in [0.717, 1.165) is 30.6 Å². The number of amides is 2. The molecule has 1 unspecified atom stereocenters. The quantitative estimate of drug-likeness (QED) is 0.912. The Morgan fingerprint density at radius 3 is 3.04 bits per heavy atom. The summed E-state index contributed by atoms with van der Waals surface area (Å²) in [5.41, 5.74) is 1.84. The minimum absolute atomic E-state index is 0.0564. The molecule has 2 aromatic rings. The second kappa shape index (κ2) is 6.18. The molecule has 1 aliphatic heterocycles. The minimum Gasteiger partial charge on any atom is -0.312 e. The summed E-state index contributed by atoms with van der Waals surface area (Å²) in [6.07, 6.45) is 3.40. The molecular weight excluding hydrogens is 346 g/mol. The maximum absolute atomic E-state index is 12.5. The van der Waals surface area contributed by atoms with Crippen LogP contribution in [0.15, 0.2) is 24.3 Å². The van der Waals surface area contributed by atoms with Crippen LogP contribution >= 0.6 is 22.9 Å². The van der Waals surface area contributed by atoms with Crippen LogP contribution in [0.1, 0.15) is 23.4 Å². The van der Waals surface area contributed by atoms with E-state index in [9.17, 15) is 9.59 Å². The lowest BCUT2D eigenvalue weighted by molar-refractivity contribution is -0.122. The highest BCUT2D eigenvalue weighted by atomic mass is 35.5. The zero-order valence-corrected chi connectivity index (χ0v) is 14.5. The van der Waals surface area contributed by atoms with Crippen molar-refractivity contribution in [2.75, 3.05) is 16.8 Å². The molecule has 1 saturated heterocycles. The van der Waals surface area contributed by atoms with Crippen molar-refractivity contribution in [1.82, 2.24) is 4.98 Å². The Bertz CT molecular complexity index is 798. The van der Waals surface area contributed by atoms with Crippen LogP contribution in [0, 0.1) is 5.92 Å². The molecule has 0 spiro atoms. The van der Waals surface area contributed by atoms with Gasteiger partial charge in [0.15, 0.2) is 5.13 Å². The first-order valence-corrected chi connectivity index (χ1v) is 9.15. The van der Waals surface area contributed by atoms with Gasteiger partial charge in [-0.25, -0.2) is 4.98 Å². The number of halogens is 1. The zero-order valence-electron chi connectivity index (χ0n) is 12.9. The Labute approximate surface area is 148 Å². The van der Waals surface area contributed by atoms with Crippen LogP contribution in [0.5, 0.6) is 0 Å². The maximum atomic E-state index is 12.5. The van der Waals surface area contributed by atoms with Crippen molar-refractivity contribution >= 4 is 45.6 Å². The summed E-state index contributed by atoms with van der Waals surface area (Å²) in [6, 6.07) is 7.13. The van der Waals surface area contributed by atoms with Gasteiger partial charge in [0.05, 0.1) is 11.6 Å². The van der Waals surface area contributed by atoms with E-state index in [1.165, 1.54) is 4.88 Å². The molecule has 2 aliphatic rings. The van der Waals surface area contributed by atoms with Crippen molar-refractivity contribution in [2.24, 2.45) is 5.92 Å². The van der Waals surface area contributed by atoms with Crippen LogP contribution in [-0.2, 0) is 22.4 Å². The molecule has 0 saturated carbocycles. The maximum Gasteiger partial charge on any atom is 0.231 e. The zero-order chi connectivity index (χ0) is 16.7. The third kappa shape index (κ3) is 2.91. The molecule has 1 N–H and O–H groups in total. The van der Waals surface area contributed by atoms with Gasteiger partial charge in [0.1, 0.15) is 0 Å². The Morgan fingerprint density at radius 2 is 2.25 bits per heavy atom. The first-order valence-electron chi connectivity index (χ1n) is 7.95. The highest BCUT2D eigenvalue weighted by Crippen LogP contribution is 2.32. The van der Waals surface area contributed by atoms with Gasteiger partial charge in [0, 0.05) is 28.6 Å². The number of hydrogen-bond donors (Lipinski definition) is 1. The molecule has 4 rings (SSSR count). The number of thiazole rings is 1. The highest BCUT2D eigenvalue weighted by molar-refractivity contribution is 7.15. The number of carbonyl (C=O) groups excluding carboxylic acids is 2. The lowest BCUT2D eigenvalue weighted by atomic mass is 10.1. The lowest BCUT2D eigenvalue weighted by Gasteiger charge is -2.16. The van der Waals surface area contributed by atoms with Gasteiger partial charge in [-0.15, -0.1) is 11.3 Å². The van der Waals surface area contributed by atoms with Gasteiger partial charge in [-0.05, 0) is 37.5 Å². The normalized spacial score (nSPS) is 19.6. The Morgan fingerprint density at radius 1 is 1.38 bits per heavy atom. The molecule has 124 valence electrons. The van der Waals surface area contributed by atoms with Crippen LogP contribution in [0.25, 0.3) is 0 Å². The second-order valence-corrected chi connectivity index (χ2v) is 7.64. The molecule has 1 aliphatic carbocycles. The smallest absolute Gasteiger partial charge is 0.231 e. The summed E-state index contributed by atoms with van der Waals surface area (Å²) < 4.78 is 0. The van der Waals surface area contributed by atoms with E-state index in [1.807, 2.05) is 6.07 Å². The predicted octanol–water partition coefficient (Wildman–Crippen LogP) is 3.28. The number of nitrogens with one attached hydrogen (secondary N) is 1. The molecule has 1 aromatic heterocycles. The summed E-state index contributed by atoms with van der Waals surface area (Å²) in [7, 11) is 0. The summed E-state index contributed by atoms with van der Waals surface area (Å²) in [6.45, 7) is 0.371. The average molecular weight is 362 g/mol. The Balaban J connectivity index is 1.45. The van der Waals surface area contributed by atoms with E-state index < -0.39 is 0 Å². The Hall–Kier alpha value is -1.92. The van der Waals surface area contributed by atoms with Gasteiger partial charge < -0.3 is 10.2 Å². The van der Waals surface area contributed by atoms with Crippen molar-refractivity contribution in [3.8, 4) is 0 Å². The van der Waals surface area contributed by atoms with Crippen molar-refractivity contribution in [2.45, 2.75) is 25.7 Å². The van der Waals surface area contributed by atoms with E-state index in [2.05, 4.69) is 10.3 Å². The predicted molar refractivity (Wildman–Crippen MR) is 94.7 cm³/mol. The van der Waals surface area contributed by atoms with Crippen LogP contribution in [0.3, 0.4) is 0 Å². The van der Waals surface area contributed by atoms with Gasteiger partial charge in [0.25, 0.3) is 0 Å². The molecule has 1 aromatic carbocycles. The van der Waals surface area contributed by atoms with Crippen LogP contribution in [0.4, 0.5) is 10.8 Å². The molecule has 24 heavy (non-hydrogen) atoms. The monoisotopic (exact) mass is 361 g/mol. The summed E-state index contributed by atoms with van der Waals surface area (Å²) in [4.78, 5) is 32.1. The van der Waals surface area contributed by atoms with Gasteiger partial charge in [0.2, 0.25) is 11.8 Å². The Kier molecular flexibility index (Phi) is 4.02. The van der Waals surface area contributed by atoms with Crippen LogP contribution < -0.4 is 10.2 Å². The molecule has 7 heteroatoms. The topological polar surface area (TPSA) is 62.3 Å². The molecule has 5 nitrogen and oxygen atoms in total. The van der Waals surface area contributed by atoms with E-state index in [0.29, 0.717) is 16.7 Å². The number of carbonyl (C=O) groups is 2. The van der Waals surface area contributed by atoms with Crippen LogP contribution in [0.2, 0.25) is 5.02 Å². The molecule has 0 radical (unpaired) electrons. The van der Waals surface area contributed by atoms with Crippen molar-refractivity contribution in [3.05, 3.63) is 39.9 Å². The summed E-state index contributed by atoms with van der Waals surface area (Å²) >= 11 is 7.54. The van der Waals surface area contributed by atoms with E-state index in [1.54, 1.807) is 34.4 Å². The van der Waals surface area contributed by atoms with Gasteiger partial charge in [-0.1, -0.05) is 17.7 Å². The average Bonchev–Trinajstić information content (AvgIpc) is 3.21. The van der Waals surface area contributed by atoms with Crippen molar-refractivity contribution in [1.29, 1.82) is 0 Å². The number of hydrogen-bond acceptors (Lipinski definition) is 4. The number of anilines is 2. The van der Waals surface area contributed by atoms with E-state index >= 15 is 0 Å².